The lowest BCUT2D eigenvalue weighted by atomic mass is 9.92. The monoisotopic (exact) mass is 346 g/mol. The van der Waals surface area contributed by atoms with Gasteiger partial charge in [0, 0.05) is 32.0 Å². The number of oxazole rings is 1. The topological polar surface area (TPSA) is 83.4 Å². The van der Waals surface area contributed by atoms with Crippen LogP contribution in [0.1, 0.15) is 25.7 Å². The van der Waals surface area contributed by atoms with Crippen molar-refractivity contribution >= 4 is 21.1 Å². The fourth-order valence-electron chi connectivity index (χ4n) is 2.84. The van der Waals surface area contributed by atoms with Crippen LogP contribution >= 0.6 is 0 Å². The summed E-state index contributed by atoms with van der Waals surface area (Å²) >= 11 is 0. The van der Waals surface area contributed by atoms with Crippen LogP contribution in [0.2, 0.25) is 0 Å². The molecule has 0 radical (unpaired) electrons. The molecule has 0 saturated heterocycles. The average molecular weight is 346 g/mol. The Morgan fingerprint density at radius 1 is 1.30 bits per heavy atom. The van der Waals surface area contributed by atoms with Gasteiger partial charge in [0.25, 0.3) is 0 Å². The fraction of sp³-hybridized carbons (Fsp3) is 0.500. The second kappa shape index (κ2) is 5.41. The lowest BCUT2D eigenvalue weighted by Gasteiger charge is -2.33. The minimum atomic E-state index is -3.85. The average Bonchev–Trinajstić information content (AvgIpc) is 2.85. The van der Waals surface area contributed by atoms with Crippen molar-refractivity contribution < 1.29 is 21.6 Å². The first kappa shape index (κ1) is 16.1. The highest BCUT2D eigenvalue weighted by Gasteiger charge is 2.39. The molecule has 23 heavy (non-hydrogen) atoms. The molecule has 126 valence electrons. The Morgan fingerprint density at radius 2 is 1.96 bits per heavy atom. The molecule has 2 aromatic rings. The summed E-state index contributed by atoms with van der Waals surface area (Å²) in [4.78, 5) is 13.5. The van der Waals surface area contributed by atoms with E-state index in [1.165, 1.54) is 25.2 Å². The molecule has 1 fully saturated rings. The highest BCUT2D eigenvalue weighted by molar-refractivity contribution is 7.89. The molecule has 1 saturated carbocycles. The number of hydrogen-bond acceptors (Lipinski definition) is 4. The number of fused-ring (bicyclic) bond motifs is 1. The molecule has 9 heteroatoms. The molecule has 0 amide bonds. The van der Waals surface area contributed by atoms with E-state index in [0.717, 1.165) is 4.31 Å². The molecule has 1 N–H and O–H groups in total. The van der Waals surface area contributed by atoms with Gasteiger partial charge < -0.3 is 4.42 Å². The zero-order valence-corrected chi connectivity index (χ0v) is 13.2. The second-order valence-electron chi connectivity index (χ2n) is 5.78. The van der Waals surface area contributed by atoms with Crippen LogP contribution in [0.5, 0.6) is 0 Å². The number of halogens is 2. The highest BCUT2D eigenvalue weighted by Crippen LogP contribution is 2.36. The van der Waals surface area contributed by atoms with Crippen LogP contribution < -0.4 is 5.76 Å². The standard InChI is InChI=1S/C14H16F2N2O4S/c1-18(9-4-6-14(15,16)7-5-9)23(20,21)10-2-3-11-12(8-10)22-13(19)17-11/h2-3,8-9H,4-7H2,1H3,(H,17,19). The number of hydrogen-bond donors (Lipinski definition) is 1. The quantitative estimate of drug-likeness (QED) is 0.924. The van der Waals surface area contributed by atoms with Crippen molar-refractivity contribution in [1.29, 1.82) is 0 Å². The van der Waals surface area contributed by atoms with Gasteiger partial charge in [0.1, 0.15) is 0 Å². The smallest absolute Gasteiger partial charge is 0.408 e. The second-order valence-corrected chi connectivity index (χ2v) is 7.78. The summed E-state index contributed by atoms with van der Waals surface area (Å²) in [5.41, 5.74) is 0.536. The largest absolute Gasteiger partial charge is 0.417 e. The van der Waals surface area contributed by atoms with Crippen LogP contribution in [0, 0.1) is 0 Å². The predicted octanol–water partition coefficient (Wildman–Crippen LogP) is 2.32. The van der Waals surface area contributed by atoms with E-state index in [0.29, 0.717) is 5.52 Å². The van der Waals surface area contributed by atoms with E-state index in [-0.39, 0.29) is 36.2 Å². The Balaban J connectivity index is 1.88. The third-order valence-corrected chi connectivity index (χ3v) is 6.18. The van der Waals surface area contributed by atoms with Gasteiger partial charge in [-0.2, -0.15) is 4.31 Å². The zero-order valence-electron chi connectivity index (χ0n) is 12.4. The fourth-order valence-corrected chi connectivity index (χ4v) is 4.27. The number of nitrogens with zero attached hydrogens (tertiary/aromatic N) is 1. The van der Waals surface area contributed by atoms with Gasteiger partial charge in [-0.15, -0.1) is 0 Å². The molecular formula is C14H16F2N2O4S. The molecule has 0 spiro atoms. The van der Waals surface area contributed by atoms with Gasteiger partial charge in [-0.05, 0) is 25.0 Å². The van der Waals surface area contributed by atoms with Crippen LogP contribution in [-0.2, 0) is 10.0 Å². The normalized spacial score (nSPS) is 19.5. The molecule has 0 unspecified atom stereocenters. The number of H-pyrrole nitrogens is 1. The summed E-state index contributed by atoms with van der Waals surface area (Å²) in [7, 11) is -2.46. The molecule has 1 aromatic carbocycles. The van der Waals surface area contributed by atoms with Crippen LogP contribution in [0.4, 0.5) is 8.78 Å². The summed E-state index contributed by atoms with van der Waals surface area (Å²) in [5, 5.41) is 0. The van der Waals surface area contributed by atoms with Crippen LogP contribution in [0.15, 0.2) is 32.3 Å². The molecule has 1 heterocycles. The number of sulfonamides is 1. The number of nitrogens with one attached hydrogen (secondary N) is 1. The Labute approximate surface area is 131 Å². The zero-order chi connectivity index (χ0) is 16.8. The first-order valence-electron chi connectivity index (χ1n) is 7.18. The van der Waals surface area contributed by atoms with E-state index in [1.807, 2.05) is 0 Å². The molecule has 1 aromatic heterocycles. The van der Waals surface area contributed by atoms with E-state index < -0.39 is 27.7 Å². The van der Waals surface area contributed by atoms with Gasteiger partial charge in [0.15, 0.2) is 5.58 Å². The number of aromatic nitrogens is 1. The van der Waals surface area contributed by atoms with Crippen molar-refractivity contribution in [2.24, 2.45) is 0 Å². The third kappa shape index (κ3) is 3.02. The van der Waals surface area contributed by atoms with Crippen molar-refractivity contribution in [3.63, 3.8) is 0 Å². The SMILES string of the molecule is CN(C1CCC(F)(F)CC1)S(=O)(=O)c1ccc2[nH]c(=O)oc2c1. The summed E-state index contributed by atoms with van der Waals surface area (Å²) < 4.78 is 57.7. The Kier molecular flexibility index (Phi) is 3.80. The molecule has 0 bridgehead atoms. The molecular weight excluding hydrogens is 330 g/mol. The molecule has 6 nitrogen and oxygen atoms in total. The first-order valence-corrected chi connectivity index (χ1v) is 8.62. The molecule has 0 aliphatic heterocycles. The number of alkyl halides is 2. The lowest BCUT2D eigenvalue weighted by molar-refractivity contribution is -0.0453. The van der Waals surface area contributed by atoms with Crippen molar-refractivity contribution in [3.05, 3.63) is 28.7 Å². The number of aromatic amines is 1. The minimum absolute atomic E-state index is 0.0346. The summed E-state index contributed by atoms with van der Waals surface area (Å²) in [6, 6.07) is 3.59. The number of benzene rings is 1. The van der Waals surface area contributed by atoms with Gasteiger partial charge in [0.2, 0.25) is 15.9 Å². The van der Waals surface area contributed by atoms with E-state index in [1.54, 1.807) is 0 Å². The van der Waals surface area contributed by atoms with Crippen LogP contribution in [0.3, 0.4) is 0 Å². The van der Waals surface area contributed by atoms with E-state index >= 15 is 0 Å². The van der Waals surface area contributed by atoms with Crippen molar-refractivity contribution in [1.82, 2.24) is 9.29 Å². The van der Waals surface area contributed by atoms with Crippen molar-refractivity contribution in [2.45, 2.75) is 42.5 Å². The third-order valence-electron chi connectivity index (χ3n) is 4.27. The minimum Gasteiger partial charge on any atom is -0.408 e. The van der Waals surface area contributed by atoms with Gasteiger partial charge in [-0.3, -0.25) is 4.98 Å². The van der Waals surface area contributed by atoms with E-state index in [2.05, 4.69) is 4.98 Å². The first-order chi connectivity index (χ1) is 10.7. The Morgan fingerprint density at radius 3 is 2.61 bits per heavy atom. The van der Waals surface area contributed by atoms with Crippen molar-refractivity contribution in [2.75, 3.05) is 7.05 Å². The van der Waals surface area contributed by atoms with E-state index in [9.17, 15) is 22.0 Å². The summed E-state index contributed by atoms with van der Waals surface area (Å²) in [6.07, 6.45) is -0.402. The van der Waals surface area contributed by atoms with Gasteiger partial charge in [-0.1, -0.05) is 0 Å². The highest BCUT2D eigenvalue weighted by atomic mass is 32.2. The molecule has 0 atom stereocenters. The maximum Gasteiger partial charge on any atom is 0.417 e. The Bertz CT molecular complexity index is 878. The summed E-state index contributed by atoms with van der Waals surface area (Å²) in [6.45, 7) is 0. The van der Waals surface area contributed by atoms with Gasteiger partial charge in [0.05, 0.1) is 10.4 Å². The maximum absolute atomic E-state index is 13.2. The predicted molar refractivity (Wildman–Crippen MR) is 79.0 cm³/mol. The molecule has 1 aliphatic carbocycles. The van der Waals surface area contributed by atoms with Crippen molar-refractivity contribution in [3.8, 4) is 0 Å². The van der Waals surface area contributed by atoms with Gasteiger partial charge >= 0.3 is 5.76 Å². The maximum atomic E-state index is 13.2. The summed E-state index contributed by atoms with van der Waals surface area (Å²) in [5.74, 6) is -3.38. The van der Waals surface area contributed by atoms with Crippen LogP contribution in [0.25, 0.3) is 11.1 Å². The Hall–Kier alpha value is -1.74. The lowest BCUT2D eigenvalue weighted by Crippen LogP contribution is -2.41. The molecule has 3 rings (SSSR count). The van der Waals surface area contributed by atoms with E-state index in [4.69, 9.17) is 4.42 Å². The molecule has 1 aliphatic rings. The number of rotatable bonds is 3. The van der Waals surface area contributed by atoms with Crippen LogP contribution in [-0.4, -0.2) is 36.7 Å². The van der Waals surface area contributed by atoms with Gasteiger partial charge in [-0.25, -0.2) is 22.0 Å².